The lowest BCUT2D eigenvalue weighted by Crippen LogP contribution is -2.25. The van der Waals surface area contributed by atoms with E-state index >= 15 is 0 Å². The van der Waals surface area contributed by atoms with Crippen molar-refractivity contribution in [2.24, 2.45) is 0 Å². The third-order valence-electron chi connectivity index (χ3n) is 3.00. The maximum Gasteiger partial charge on any atom is 0.211 e. The lowest BCUT2D eigenvalue weighted by molar-refractivity contribution is 0.0423. The highest BCUT2D eigenvalue weighted by Crippen LogP contribution is 2.26. The summed E-state index contributed by atoms with van der Waals surface area (Å²) in [5.41, 5.74) is 0.473. The summed E-state index contributed by atoms with van der Waals surface area (Å²) in [4.78, 5) is 12.3. The van der Waals surface area contributed by atoms with Crippen LogP contribution in [0.3, 0.4) is 0 Å². The zero-order valence-electron chi connectivity index (χ0n) is 10.3. The molecule has 1 fully saturated rings. The van der Waals surface area contributed by atoms with E-state index in [2.05, 4.69) is 5.10 Å². The van der Waals surface area contributed by atoms with Gasteiger partial charge in [-0.1, -0.05) is 11.6 Å². The predicted molar refractivity (Wildman–Crippen MR) is 65.5 cm³/mol. The first-order valence-electron chi connectivity index (χ1n) is 5.93. The Morgan fingerprint density at radius 2 is 2.29 bits per heavy atom. The van der Waals surface area contributed by atoms with Crippen LogP contribution in [-0.2, 0) is 4.74 Å². The van der Waals surface area contributed by atoms with Crippen LogP contribution >= 0.6 is 11.6 Å². The van der Waals surface area contributed by atoms with Gasteiger partial charge in [-0.05, 0) is 33.6 Å². The summed E-state index contributed by atoms with van der Waals surface area (Å²) in [6.45, 7) is 5.92. The summed E-state index contributed by atoms with van der Waals surface area (Å²) in [6, 6.07) is 0.111. The SMILES string of the molecule is CC1CCC(C(=O)c2c(Cl)cnn2C(C)C)O1. The second kappa shape index (κ2) is 4.78. The third kappa shape index (κ3) is 2.38. The fraction of sp³-hybridized carbons (Fsp3) is 0.667. The topological polar surface area (TPSA) is 44.1 Å². The molecule has 2 atom stereocenters. The molecule has 1 aliphatic heterocycles. The van der Waals surface area contributed by atoms with Gasteiger partial charge in [-0.15, -0.1) is 0 Å². The Morgan fingerprint density at radius 3 is 2.82 bits per heavy atom. The van der Waals surface area contributed by atoms with Gasteiger partial charge in [0.25, 0.3) is 0 Å². The molecule has 2 unspecified atom stereocenters. The fourth-order valence-corrected chi connectivity index (χ4v) is 2.33. The normalized spacial score (nSPS) is 24.5. The van der Waals surface area contributed by atoms with Gasteiger partial charge < -0.3 is 4.74 Å². The molecule has 2 rings (SSSR count). The average molecular weight is 257 g/mol. The molecule has 0 bridgehead atoms. The first kappa shape index (κ1) is 12.6. The van der Waals surface area contributed by atoms with Crippen LogP contribution in [0.4, 0.5) is 0 Å². The predicted octanol–water partition coefficient (Wildman–Crippen LogP) is 2.87. The Balaban J connectivity index is 2.27. The molecule has 0 amide bonds. The van der Waals surface area contributed by atoms with Crippen molar-refractivity contribution >= 4 is 17.4 Å². The van der Waals surface area contributed by atoms with Gasteiger partial charge in [0, 0.05) is 6.04 Å². The molecule has 2 heterocycles. The van der Waals surface area contributed by atoms with Gasteiger partial charge in [0.1, 0.15) is 11.8 Å². The Kier molecular flexibility index (Phi) is 3.54. The summed E-state index contributed by atoms with van der Waals surface area (Å²) >= 11 is 6.04. The second-order valence-corrected chi connectivity index (χ2v) is 5.16. The molecule has 0 aromatic carbocycles. The van der Waals surface area contributed by atoms with Crippen LogP contribution in [-0.4, -0.2) is 27.8 Å². The molecule has 4 nitrogen and oxygen atoms in total. The van der Waals surface area contributed by atoms with Crippen LogP contribution < -0.4 is 0 Å². The lowest BCUT2D eigenvalue weighted by atomic mass is 10.1. The van der Waals surface area contributed by atoms with Crippen molar-refractivity contribution < 1.29 is 9.53 Å². The van der Waals surface area contributed by atoms with Crippen molar-refractivity contribution in [2.75, 3.05) is 0 Å². The standard InChI is InChI=1S/C12H17ClN2O2/c1-7(2)15-11(9(13)6-14-15)12(16)10-5-4-8(3)17-10/h6-8,10H,4-5H2,1-3H3. The maximum absolute atomic E-state index is 12.3. The third-order valence-corrected chi connectivity index (χ3v) is 3.27. The Labute approximate surface area is 106 Å². The van der Waals surface area contributed by atoms with Crippen molar-refractivity contribution in [3.8, 4) is 0 Å². The number of carbonyl (C=O) groups is 1. The van der Waals surface area contributed by atoms with E-state index in [4.69, 9.17) is 16.3 Å². The van der Waals surface area contributed by atoms with Crippen molar-refractivity contribution in [3.63, 3.8) is 0 Å². The summed E-state index contributed by atoms with van der Waals surface area (Å²) in [5.74, 6) is -0.0504. The first-order chi connectivity index (χ1) is 8.00. The van der Waals surface area contributed by atoms with E-state index in [1.54, 1.807) is 4.68 Å². The number of nitrogens with zero attached hydrogens (tertiary/aromatic N) is 2. The number of aromatic nitrogens is 2. The van der Waals surface area contributed by atoms with Gasteiger partial charge in [-0.25, -0.2) is 0 Å². The Morgan fingerprint density at radius 1 is 1.59 bits per heavy atom. The van der Waals surface area contributed by atoms with Crippen LogP contribution in [0, 0.1) is 0 Å². The molecule has 17 heavy (non-hydrogen) atoms. The number of carbonyl (C=O) groups excluding carboxylic acids is 1. The van der Waals surface area contributed by atoms with E-state index in [0.717, 1.165) is 12.8 Å². The summed E-state index contributed by atoms with van der Waals surface area (Å²) in [6.07, 6.45) is 2.99. The van der Waals surface area contributed by atoms with E-state index in [1.165, 1.54) is 6.20 Å². The average Bonchev–Trinajstić information content (AvgIpc) is 2.83. The smallest absolute Gasteiger partial charge is 0.211 e. The highest BCUT2D eigenvalue weighted by atomic mass is 35.5. The fourth-order valence-electron chi connectivity index (χ4n) is 2.11. The second-order valence-electron chi connectivity index (χ2n) is 4.76. The number of halogens is 1. The molecule has 1 saturated heterocycles. The lowest BCUT2D eigenvalue weighted by Gasteiger charge is -2.14. The number of ether oxygens (including phenoxy) is 1. The molecular weight excluding hydrogens is 240 g/mol. The quantitative estimate of drug-likeness (QED) is 0.781. The number of hydrogen-bond acceptors (Lipinski definition) is 3. The molecule has 1 aromatic heterocycles. The molecule has 1 aliphatic rings. The van der Waals surface area contributed by atoms with Gasteiger partial charge in [0.15, 0.2) is 0 Å². The van der Waals surface area contributed by atoms with Crippen LogP contribution in [0.15, 0.2) is 6.20 Å². The van der Waals surface area contributed by atoms with E-state index < -0.39 is 0 Å². The molecule has 94 valence electrons. The van der Waals surface area contributed by atoms with Crippen molar-refractivity contribution in [2.45, 2.75) is 51.9 Å². The van der Waals surface area contributed by atoms with Gasteiger partial charge in [0.2, 0.25) is 5.78 Å². The number of hydrogen-bond donors (Lipinski definition) is 0. The van der Waals surface area contributed by atoms with Crippen LogP contribution in [0.1, 0.15) is 50.1 Å². The van der Waals surface area contributed by atoms with Crippen molar-refractivity contribution in [1.29, 1.82) is 0 Å². The zero-order chi connectivity index (χ0) is 12.6. The minimum Gasteiger partial charge on any atom is -0.367 e. The van der Waals surface area contributed by atoms with E-state index in [-0.39, 0.29) is 24.0 Å². The molecule has 0 radical (unpaired) electrons. The Bertz CT molecular complexity index is 428. The van der Waals surface area contributed by atoms with Gasteiger partial charge in [-0.3, -0.25) is 9.48 Å². The van der Waals surface area contributed by atoms with Gasteiger partial charge in [0.05, 0.1) is 17.3 Å². The summed E-state index contributed by atoms with van der Waals surface area (Å²) < 4.78 is 7.25. The molecular formula is C12H17ClN2O2. The molecule has 1 aromatic rings. The number of rotatable bonds is 3. The molecule has 0 spiro atoms. The molecule has 0 N–H and O–H groups in total. The number of Topliss-reactive ketones (excluding diaryl/α,β-unsaturated/α-hetero) is 1. The number of ketones is 1. The molecule has 5 heteroatoms. The largest absolute Gasteiger partial charge is 0.367 e. The van der Waals surface area contributed by atoms with Gasteiger partial charge in [-0.2, -0.15) is 5.10 Å². The summed E-state index contributed by atoms with van der Waals surface area (Å²) in [5, 5.41) is 4.54. The highest BCUT2D eigenvalue weighted by Gasteiger charge is 2.32. The van der Waals surface area contributed by atoms with Crippen molar-refractivity contribution in [1.82, 2.24) is 9.78 Å². The van der Waals surface area contributed by atoms with Gasteiger partial charge >= 0.3 is 0 Å². The molecule has 0 saturated carbocycles. The first-order valence-corrected chi connectivity index (χ1v) is 6.31. The van der Waals surface area contributed by atoms with Crippen LogP contribution in [0.25, 0.3) is 0 Å². The van der Waals surface area contributed by atoms with Crippen LogP contribution in [0.2, 0.25) is 5.02 Å². The minimum atomic E-state index is -0.364. The minimum absolute atomic E-state index is 0.0504. The maximum atomic E-state index is 12.3. The zero-order valence-corrected chi connectivity index (χ0v) is 11.1. The molecule has 0 aliphatic carbocycles. The summed E-state index contributed by atoms with van der Waals surface area (Å²) in [7, 11) is 0. The van der Waals surface area contributed by atoms with E-state index in [9.17, 15) is 4.79 Å². The van der Waals surface area contributed by atoms with E-state index in [1.807, 2.05) is 20.8 Å². The Hall–Kier alpha value is -0.870. The highest BCUT2D eigenvalue weighted by molar-refractivity contribution is 6.33. The van der Waals surface area contributed by atoms with E-state index in [0.29, 0.717) is 10.7 Å². The monoisotopic (exact) mass is 256 g/mol. The van der Waals surface area contributed by atoms with Crippen LogP contribution in [0.5, 0.6) is 0 Å². The van der Waals surface area contributed by atoms with Crippen molar-refractivity contribution in [3.05, 3.63) is 16.9 Å².